The molecule has 0 radical (unpaired) electrons. The van der Waals surface area contributed by atoms with Crippen molar-refractivity contribution in [2.24, 2.45) is 5.10 Å². The van der Waals surface area contributed by atoms with Crippen LogP contribution in [-0.2, 0) is 11.4 Å². The fraction of sp³-hybridized carbons (Fsp3) is 0.167. The lowest BCUT2D eigenvalue weighted by Crippen LogP contribution is -2.33. The minimum Gasteiger partial charge on any atom is -0.493 e. The number of hydrogen-bond donors (Lipinski definition) is 1. The Morgan fingerprint density at radius 3 is 2.50 bits per heavy atom. The number of hydrogen-bond acceptors (Lipinski definition) is 5. The van der Waals surface area contributed by atoms with Gasteiger partial charge in [0.1, 0.15) is 12.4 Å². The van der Waals surface area contributed by atoms with Crippen molar-refractivity contribution in [2.45, 2.75) is 19.6 Å². The molecule has 0 aliphatic heterocycles. The topological polar surface area (TPSA) is 69.2 Å². The van der Waals surface area contributed by atoms with E-state index in [0.29, 0.717) is 33.9 Å². The summed E-state index contributed by atoms with van der Waals surface area (Å²) in [6.07, 6.45) is 0.692. The third-order valence-corrected chi connectivity index (χ3v) is 4.91. The maximum absolute atomic E-state index is 12.2. The second-order valence-corrected chi connectivity index (χ2v) is 7.60. The van der Waals surface area contributed by atoms with Gasteiger partial charge in [0.2, 0.25) is 0 Å². The number of methoxy groups -OCH3 is 1. The lowest BCUT2D eigenvalue weighted by molar-refractivity contribution is -0.127. The molecule has 8 heteroatoms. The van der Waals surface area contributed by atoms with E-state index in [1.807, 2.05) is 36.4 Å². The summed E-state index contributed by atoms with van der Waals surface area (Å²) in [7, 11) is 1.56. The van der Waals surface area contributed by atoms with Crippen LogP contribution in [0.1, 0.15) is 18.1 Å². The highest BCUT2D eigenvalue weighted by Crippen LogP contribution is 2.29. The molecule has 3 aromatic rings. The van der Waals surface area contributed by atoms with E-state index in [1.54, 1.807) is 44.4 Å². The number of nitrogens with zero attached hydrogens (tertiary/aromatic N) is 1. The molecule has 1 unspecified atom stereocenters. The molecule has 0 bridgehead atoms. The Kier molecular flexibility index (Phi) is 8.36. The van der Waals surface area contributed by atoms with Crippen molar-refractivity contribution < 1.29 is 19.0 Å². The Morgan fingerprint density at radius 1 is 1.03 bits per heavy atom. The molecular formula is C24H22Cl2N2O4. The van der Waals surface area contributed by atoms with Gasteiger partial charge in [-0.15, -0.1) is 0 Å². The smallest absolute Gasteiger partial charge is 0.280 e. The Labute approximate surface area is 196 Å². The van der Waals surface area contributed by atoms with Crippen LogP contribution >= 0.6 is 23.2 Å². The summed E-state index contributed by atoms with van der Waals surface area (Å²) in [6, 6.07) is 20.0. The molecule has 3 rings (SSSR count). The summed E-state index contributed by atoms with van der Waals surface area (Å²) in [5.41, 5.74) is 4.23. The molecule has 0 saturated carbocycles. The van der Waals surface area contributed by atoms with Crippen LogP contribution in [0, 0.1) is 0 Å². The van der Waals surface area contributed by atoms with Gasteiger partial charge in [-0.25, -0.2) is 5.43 Å². The van der Waals surface area contributed by atoms with Crippen LogP contribution in [0.4, 0.5) is 0 Å². The van der Waals surface area contributed by atoms with Crippen molar-refractivity contribution >= 4 is 35.3 Å². The highest BCUT2D eigenvalue weighted by Gasteiger charge is 2.15. The summed E-state index contributed by atoms with van der Waals surface area (Å²) in [5.74, 6) is 1.10. The Bertz CT molecular complexity index is 1090. The predicted molar refractivity (Wildman–Crippen MR) is 126 cm³/mol. The average Bonchev–Trinajstić information content (AvgIpc) is 2.80. The van der Waals surface area contributed by atoms with E-state index in [-0.39, 0.29) is 0 Å². The number of carbonyl (C=O) groups excluding carboxylic acids is 1. The van der Waals surface area contributed by atoms with Crippen molar-refractivity contribution in [2.75, 3.05) is 7.11 Å². The van der Waals surface area contributed by atoms with Crippen LogP contribution < -0.4 is 19.6 Å². The zero-order chi connectivity index (χ0) is 22.9. The van der Waals surface area contributed by atoms with E-state index < -0.39 is 12.0 Å². The molecule has 6 nitrogen and oxygen atoms in total. The quantitative estimate of drug-likeness (QED) is 0.329. The summed E-state index contributed by atoms with van der Waals surface area (Å²) in [4.78, 5) is 12.2. The van der Waals surface area contributed by atoms with Crippen molar-refractivity contribution in [3.05, 3.63) is 87.9 Å². The molecule has 1 atom stereocenters. The number of nitrogens with one attached hydrogen (secondary N) is 1. The van der Waals surface area contributed by atoms with Crippen LogP contribution in [0.25, 0.3) is 0 Å². The molecule has 3 aromatic carbocycles. The third-order valence-electron chi connectivity index (χ3n) is 4.38. The van der Waals surface area contributed by atoms with Crippen molar-refractivity contribution in [1.82, 2.24) is 5.43 Å². The minimum absolute atomic E-state index is 0.322. The molecule has 1 N–H and O–H groups in total. The zero-order valence-corrected chi connectivity index (χ0v) is 19.1. The van der Waals surface area contributed by atoms with Gasteiger partial charge in [-0.2, -0.15) is 5.10 Å². The van der Waals surface area contributed by atoms with Crippen LogP contribution in [0.5, 0.6) is 17.2 Å². The van der Waals surface area contributed by atoms with Gasteiger partial charge >= 0.3 is 0 Å². The molecule has 0 spiro atoms. The van der Waals surface area contributed by atoms with Crippen LogP contribution in [0.15, 0.2) is 71.8 Å². The van der Waals surface area contributed by atoms with Crippen molar-refractivity contribution in [1.29, 1.82) is 0 Å². The van der Waals surface area contributed by atoms with E-state index >= 15 is 0 Å². The van der Waals surface area contributed by atoms with Crippen LogP contribution in [0.2, 0.25) is 10.0 Å². The number of rotatable bonds is 9. The summed E-state index contributed by atoms with van der Waals surface area (Å²) in [6.45, 7) is 2.02. The monoisotopic (exact) mass is 472 g/mol. The summed E-state index contributed by atoms with van der Waals surface area (Å²) >= 11 is 11.9. The van der Waals surface area contributed by atoms with E-state index in [2.05, 4.69) is 10.5 Å². The highest BCUT2D eigenvalue weighted by molar-refractivity contribution is 6.35. The van der Waals surface area contributed by atoms with Gasteiger partial charge in [-0.1, -0.05) is 53.5 Å². The lowest BCUT2D eigenvalue weighted by Gasteiger charge is -2.14. The molecule has 0 fully saturated rings. The zero-order valence-electron chi connectivity index (χ0n) is 17.5. The SMILES string of the molecule is COc1cc(/C=N/NC(=O)C(C)Oc2ccc(Cl)cc2Cl)ccc1OCc1ccccc1. The summed E-state index contributed by atoms with van der Waals surface area (Å²) in [5, 5.41) is 4.79. The van der Waals surface area contributed by atoms with E-state index in [1.165, 1.54) is 6.21 Å². The fourth-order valence-corrected chi connectivity index (χ4v) is 3.15. The first-order valence-electron chi connectivity index (χ1n) is 9.75. The van der Waals surface area contributed by atoms with Gasteiger partial charge < -0.3 is 14.2 Å². The van der Waals surface area contributed by atoms with Crippen LogP contribution in [-0.4, -0.2) is 25.3 Å². The molecular weight excluding hydrogens is 451 g/mol. The first-order valence-corrected chi connectivity index (χ1v) is 10.5. The number of hydrazone groups is 1. The average molecular weight is 473 g/mol. The Morgan fingerprint density at radius 2 is 1.78 bits per heavy atom. The van der Waals surface area contributed by atoms with E-state index in [0.717, 1.165) is 11.1 Å². The maximum Gasteiger partial charge on any atom is 0.280 e. The van der Waals surface area contributed by atoms with Gasteiger partial charge in [0.05, 0.1) is 18.3 Å². The second-order valence-electron chi connectivity index (χ2n) is 6.75. The number of halogens is 2. The molecule has 0 aromatic heterocycles. The predicted octanol–water partition coefficient (Wildman–Crippen LogP) is 5.50. The van der Waals surface area contributed by atoms with Crippen LogP contribution in [0.3, 0.4) is 0 Å². The van der Waals surface area contributed by atoms with Gasteiger partial charge in [0, 0.05) is 5.02 Å². The second kappa shape index (κ2) is 11.4. The van der Waals surface area contributed by atoms with Gasteiger partial charge in [-0.05, 0) is 54.4 Å². The minimum atomic E-state index is -0.811. The first kappa shape index (κ1) is 23.4. The number of benzene rings is 3. The standard InChI is InChI=1S/C24H22Cl2N2O4/c1-16(32-21-11-9-19(25)13-20(21)26)24(29)28-27-14-18-8-10-22(23(12-18)30-2)31-15-17-6-4-3-5-7-17/h3-14,16H,15H2,1-2H3,(H,28,29)/b27-14+. The molecule has 0 heterocycles. The molecule has 32 heavy (non-hydrogen) atoms. The van der Waals surface area contributed by atoms with Gasteiger partial charge in [-0.3, -0.25) is 4.79 Å². The molecule has 166 valence electrons. The molecule has 0 saturated heterocycles. The largest absolute Gasteiger partial charge is 0.493 e. The van der Waals surface area contributed by atoms with E-state index in [9.17, 15) is 4.79 Å². The number of ether oxygens (including phenoxy) is 3. The lowest BCUT2D eigenvalue weighted by atomic mass is 10.2. The summed E-state index contributed by atoms with van der Waals surface area (Å²) < 4.78 is 16.8. The molecule has 1 amide bonds. The van der Waals surface area contributed by atoms with Crippen molar-refractivity contribution in [3.63, 3.8) is 0 Å². The number of amides is 1. The first-order chi connectivity index (χ1) is 15.5. The van der Waals surface area contributed by atoms with Gasteiger partial charge in [0.25, 0.3) is 5.91 Å². The van der Waals surface area contributed by atoms with Gasteiger partial charge in [0.15, 0.2) is 17.6 Å². The number of carbonyl (C=O) groups is 1. The Balaban J connectivity index is 1.56. The molecule has 0 aliphatic rings. The highest BCUT2D eigenvalue weighted by atomic mass is 35.5. The third kappa shape index (κ3) is 6.64. The fourth-order valence-electron chi connectivity index (χ4n) is 2.70. The van der Waals surface area contributed by atoms with E-state index in [4.69, 9.17) is 37.4 Å². The van der Waals surface area contributed by atoms with Crippen molar-refractivity contribution in [3.8, 4) is 17.2 Å². The maximum atomic E-state index is 12.2. The molecule has 0 aliphatic carbocycles. The normalized spacial score (nSPS) is 11.8. The Hall–Kier alpha value is -3.22.